The van der Waals surface area contributed by atoms with Gasteiger partial charge in [0, 0.05) is 46.0 Å². The van der Waals surface area contributed by atoms with Crippen molar-refractivity contribution < 1.29 is 14.3 Å². The van der Waals surface area contributed by atoms with E-state index in [0.29, 0.717) is 19.3 Å². The second kappa shape index (κ2) is 12.9. The fourth-order valence-corrected chi connectivity index (χ4v) is 8.68. The Hall–Kier alpha value is -4.98. The summed E-state index contributed by atoms with van der Waals surface area (Å²) in [6.07, 6.45) is 3.18. The molecule has 5 heterocycles. The number of aromatic nitrogens is 4. The Labute approximate surface area is 307 Å². The van der Waals surface area contributed by atoms with Crippen molar-refractivity contribution in [2.75, 3.05) is 0 Å². The van der Waals surface area contributed by atoms with Gasteiger partial charge in [-0.05, 0) is 145 Å². The third-order valence-electron chi connectivity index (χ3n) is 12.2. The van der Waals surface area contributed by atoms with Gasteiger partial charge in [0.15, 0.2) is 5.60 Å². The van der Waals surface area contributed by atoms with Crippen LogP contribution >= 0.6 is 0 Å². The Morgan fingerprint density at radius 1 is 0.750 bits per heavy atom. The summed E-state index contributed by atoms with van der Waals surface area (Å²) in [5.74, 6) is 1.29. The molecule has 52 heavy (non-hydrogen) atoms. The molecule has 1 saturated carbocycles. The van der Waals surface area contributed by atoms with Crippen LogP contribution < -0.4 is 5.32 Å². The monoisotopic (exact) mass is 697 g/mol. The molecule has 0 unspecified atom stereocenters. The number of ether oxygens (including phenoxy) is 1. The van der Waals surface area contributed by atoms with Crippen LogP contribution in [0.15, 0.2) is 72.8 Å². The third-order valence-corrected chi connectivity index (χ3v) is 12.2. The largest absolute Gasteiger partial charge is 0.448 e. The predicted octanol–water partition coefficient (Wildman–Crippen LogP) is 8.22. The minimum Gasteiger partial charge on any atom is -0.448 e. The van der Waals surface area contributed by atoms with Crippen LogP contribution in [0.1, 0.15) is 96.1 Å². The zero-order valence-corrected chi connectivity index (χ0v) is 32.1. The fourth-order valence-electron chi connectivity index (χ4n) is 8.68. The summed E-state index contributed by atoms with van der Waals surface area (Å²) in [6, 6.07) is 25.0. The van der Waals surface area contributed by atoms with E-state index in [2.05, 4.69) is 129 Å². The minimum absolute atomic E-state index is 0.237. The number of rotatable bonds is 10. The van der Waals surface area contributed by atoms with Gasteiger partial charge in [-0.3, -0.25) is 9.59 Å². The molecular weight excluding hydrogens is 647 g/mol. The molecule has 7 rings (SSSR count). The van der Waals surface area contributed by atoms with E-state index in [-0.39, 0.29) is 11.9 Å². The topological polar surface area (TPSA) is 91.0 Å². The van der Waals surface area contributed by atoms with Crippen LogP contribution in [0.5, 0.6) is 0 Å². The second-order valence-corrected chi connectivity index (χ2v) is 16.0. The summed E-state index contributed by atoms with van der Waals surface area (Å²) in [4.78, 5) is 37.8. The summed E-state index contributed by atoms with van der Waals surface area (Å²) in [5.41, 5.74) is 8.32. The van der Waals surface area contributed by atoms with Crippen molar-refractivity contribution in [3.63, 3.8) is 0 Å². The summed E-state index contributed by atoms with van der Waals surface area (Å²) in [7, 11) is 0. The molecule has 5 aromatic rings. The fraction of sp³-hybridized carbons (Fsp3) is 0.409. The van der Waals surface area contributed by atoms with Crippen molar-refractivity contribution >= 4 is 11.9 Å². The lowest BCUT2D eigenvalue weighted by molar-refractivity contribution is -0.168. The van der Waals surface area contributed by atoms with Crippen molar-refractivity contribution in [2.24, 2.45) is 10.8 Å². The van der Waals surface area contributed by atoms with Crippen molar-refractivity contribution in [1.82, 2.24) is 24.4 Å². The standard InChI is InChI=1S/C44H51N5O3/c1-27-21-35(45-38(23-27)48-29(3)13-14-30(48)4)18-17-33-11-10-12-34(25-33)37(47-40(50)44-20-19-43(9,41(51)52-44)42(44,7)8)26-36-22-28(2)24-39(46-36)49-31(5)15-16-32(49)6/h10-16,21-25,37H,17-20,26H2,1-9H3,(H,47,50)/t37-,43-,44-/m1/s1. The number of fused-ring (bicyclic) bond motifs is 2. The highest BCUT2D eigenvalue weighted by Crippen LogP contribution is 2.65. The van der Waals surface area contributed by atoms with Crippen LogP contribution in [-0.2, 0) is 33.6 Å². The van der Waals surface area contributed by atoms with Crippen molar-refractivity contribution in [3.8, 4) is 11.6 Å². The number of pyridine rings is 2. The summed E-state index contributed by atoms with van der Waals surface area (Å²) in [5, 5.41) is 3.40. The highest BCUT2D eigenvalue weighted by molar-refractivity contribution is 5.96. The summed E-state index contributed by atoms with van der Waals surface area (Å²) >= 11 is 0. The van der Waals surface area contributed by atoms with Gasteiger partial charge in [0.05, 0.1) is 11.5 Å². The maximum Gasteiger partial charge on any atom is 0.313 e. The van der Waals surface area contributed by atoms with Gasteiger partial charge in [-0.2, -0.15) is 0 Å². The van der Waals surface area contributed by atoms with Gasteiger partial charge in [-0.25, -0.2) is 9.97 Å². The van der Waals surface area contributed by atoms with Gasteiger partial charge in [-0.15, -0.1) is 0 Å². The van der Waals surface area contributed by atoms with Crippen molar-refractivity contribution in [2.45, 2.75) is 106 Å². The van der Waals surface area contributed by atoms with Crippen LogP contribution in [0.3, 0.4) is 0 Å². The van der Waals surface area contributed by atoms with Gasteiger partial charge in [0.1, 0.15) is 11.6 Å². The first-order valence-corrected chi connectivity index (χ1v) is 18.5. The van der Waals surface area contributed by atoms with Crippen molar-refractivity contribution in [1.29, 1.82) is 0 Å². The zero-order valence-electron chi connectivity index (χ0n) is 32.1. The number of benzene rings is 1. The van der Waals surface area contributed by atoms with E-state index in [1.165, 1.54) is 5.56 Å². The smallest absolute Gasteiger partial charge is 0.313 e. The van der Waals surface area contributed by atoms with E-state index in [0.717, 1.165) is 75.3 Å². The van der Waals surface area contributed by atoms with E-state index in [1.807, 2.05) is 20.8 Å². The molecule has 0 spiro atoms. The van der Waals surface area contributed by atoms with Gasteiger partial charge in [-0.1, -0.05) is 38.1 Å². The van der Waals surface area contributed by atoms with Crippen LogP contribution in [0.4, 0.5) is 0 Å². The highest BCUT2D eigenvalue weighted by Gasteiger charge is 2.75. The Morgan fingerprint density at radius 2 is 1.31 bits per heavy atom. The second-order valence-electron chi connectivity index (χ2n) is 16.0. The van der Waals surface area contributed by atoms with E-state index in [1.54, 1.807) is 0 Å². The van der Waals surface area contributed by atoms with E-state index in [4.69, 9.17) is 14.7 Å². The number of aryl methyl sites for hydroxylation is 8. The van der Waals surface area contributed by atoms with Crippen LogP contribution in [0, 0.1) is 52.4 Å². The van der Waals surface area contributed by atoms with Crippen LogP contribution in [-0.4, -0.2) is 36.6 Å². The Morgan fingerprint density at radius 3 is 1.85 bits per heavy atom. The molecule has 0 radical (unpaired) electrons. The molecule has 1 aliphatic carbocycles. The first kappa shape index (κ1) is 35.4. The lowest BCUT2D eigenvalue weighted by Crippen LogP contribution is -2.54. The van der Waals surface area contributed by atoms with Gasteiger partial charge in [0.2, 0.25) is 0 Å². The molecule has 3 atom stereocenters. The Kier molecular flexibility index (Phi) is 8.79. The average Bonchev–Trinajstić information content (AvgIpc) is 3.72. The molecule has 270 valence electrons. The molecule has 2 fully saturated rings. The number of nitrogens with one attached hydrogen (secondary N) is 1. The molecule has 1 N–H and O–H groups in total. The molecule has 1 aliphatic heterocycles. The first-order valence-electron chi connectivity index (χ1n) is 18.5. The number of amides is 1. The zero-order chi connectivity index (χ0) is 37.2. The highest BCUT2D eigenvalue weighted by atomic mass is 16.6. The maximum atomic E-state index is 14.5. The number of carbonyl (C=O) groups is 2. The van der Waals surface area contributed by atoms with E-state index in [9.17, 15) is 9.59 Å². The molecule has 1 saturated heterocycles. The number of carbonyl (C=O) groups excluding carboxylic acids is 2. The Bertz CT molecular complexity index is 2170. The lowest BCUT2D eigenvalue weighted by Gasteiger charge is -2.36. The third kappa shape index (κ3) is 5.86. The predicted molar refractivity (Wildman–Crippen MR) is 204 cm³/mol. The molecule has 4 aromatic heterocycles. The minimum atomic E-state index is -1.22. The molecule has 2 aliphatic rings. The number of hydrogen-bond acceptors (Lipinski definition) is 5. The lowest BCUT2D eigenvalue weighted by atomic mass is 9.66. The number of esters is 1. The average molecular weight is 698 g/mol. The first-order chi connectivity index (χ1) is 24.6. The quantitative estimate of drug-likeness (QED) is 0.149. The molecule has 2 bridgehead atoms. The SMILES string of the molecule is Cc1cc(CCc2cccc([C@@H](Cc3cc(C)cc(-n4c(C)ccc4C)n3)NC(=O)[C@@]34CC[C@](C)(C(=O)O3)C4(C)C)c2)nc(-n2c(C)ccc2C)c1. The van der Waals surface area contributed by atoms with Crippen LogP contribution in [0.25, 0.3) is 11.6 Å². The molecule has 8 heteroatoms. The molecule has 1 amide bonds. The van der Waals surface area contributed by atoms with E-state index >= 15 is 0 Å². The van der Waals surface area contributed by atoms with Gasteiger partial charge >= 0.3 is 5.97 Å². The van der Waals surface area contributed by atoms with E-state index < -0.39 is 22.5 Å². The molecule has 8 nitrogen and oxygen atoms in total. The van der Waals surface area contributed by atoms with Crippen molar-refractivity contribution in [3.05, 3.63) is 129 Å². The normalized spacial score (nSPS) is 21.0. The van der Waals surface area contributed by atoms with Gasteiger partial charge < -0.3 is 19.2 Å². The number of hydrogen-bond donors (Lipinski definition) is 1. The molecular formula is C44H51N5O3. The Balaban J connectivity index is 1.20. The van der Waals surface area contributed by atoms with Gasteiger partial charge in [0.25, 0.3) is 5.91 Å². The van der Waals surface area contributed by atoms with Crippen LogP contribution in [0.2, 0.25) is 0 Å². The summed E-state index contributed by atoms with van der Waals surface area (Å²) < 4.78 is 10.4. The summed E-state index contributed by atoms with van der Waals surface area (Å²) in [6.45, 7) is 18.5. The maximum absolute atomic E-state index is 14.5. The number of nitrogens with zero attached hydrogens (tertiary/aromatic N) is 4. The molecule has 1 aromatic carbocycles.